The van der Waals surface area contributed by atoms with E-state index in [0.717, 1.165) is 51.4 Å². The molecule has 3 N–H and O–H groups in total. The summed E-state index contributed by atoms with van der Waals surface area (Å²) in [5.41, 5.74) is 0. The molecule has 6 heteroatoms. The van der Waals surface area contributed by atoms with Crippen LogP contribution in [0.15, 0.2) is 36.5 Å². The molecule has 0 heterocycles. The van der Waals surface area contributed by atoms with Crippen LogP contribution in [0.1, 0.15) is 393 Å². The van der Waals surface area contributed by atoms with Crippen LogP contribution in [0.5, 0.6) is 0 Å². The molecule has 0 aromatic heterocycles. The number of hydrogen-bond donors (Lipinski definition) is 3. The monoisotopic (exact) mass is 1110 g/mol. The molecular weight excluding hydrogens is 971 g/mol. The van der Waals surface area contributed by atoms with Crippen molar-refractivity contribution in [1.82, 2.24) is 5.32 Å². The van der Waals surface area contributed by atoms with Crippen molar-refractivity contribution in [3.63, 3.8) is 0 Å². The van der Waals surface area contributed by atoms with Crippen LogP contribution in [0.4, 0.5) is 0 Å². The molecule has 0 rings (SSSR count). The van der Waals surface area contributed by atoms with E-state index in [1.54, 1.807) is 0 Å². The topological polar surface area (TPSA) is 95.9 Å². The molecule has 0 bridgehead atoms. The van der Waals surface area contributed by atoms with Crippen LogP contribution in [0.25, 0.3) is 0 Å². The first-order chi connectivity index (χ1) is 39.0. The van der Waals surface area contributed by atoms with Gasteiger partial charge in [0.05, 0.1) is 25.4 Å². The van der Waals surface area contributed by atoms with E-state index in [-0.39, 0.29) is 18.5 Å². The number of nitrogens with one attached hydrogen (secondary N) is 1. The lowest BCUT2D eigenvalue weighted by Crippen LogP contribution is -2.45. The number of hydrogen-bond acceptors (Lipinski definition) is 5. The minimum Gasteiger partial charge on any atom is -0.466 e. The molecule has 2 unspecified atom stereocenters. The predicted molar refractivity (Wildman–Crippen MR) is 347 cm³/mol. The van der Waals surface area contributed by atoms with E-state index in [0.29, 0.717) is 25.9 Å². The lowest BCUT2D eigenvalue weighted by molar-refractivity contribution is -0.143. The van der Waals surface area contributed by atoms with Gasteiger partial charge >= 0.3 is 5.97 Å². The fraction of sp³-hybridized carbons (Fsp3) is 0.890. The summed E-state index contributed by atoms with van der Waals surface area (Å²) >= 11 is 0. The molecule has 0 spiro atoms. The first kappa shape index (κ1) is 77.1. The van der Waals surface area contributed by atoms with Gasteiger partial charge in [0.25, 0.3) is 0 Å². The molecule has 2 atom stereocenters. The number of esters is 1. The lowest BCUT2D eigenvalue weighted by atomic mass is 10.0. The molecule has 0 aliphatic carbocycles. The highest BCUT2D eigenvalue weighted by molar-refractivity contribution is 5.76. The van der Waals surface area contributed by atoms with Crippen LogP contribution in [0, 0.1) is 0 Å². The van der Waals surface area contributed by atoms with Gasteiger partial charge in [-0.2, -0.15) is 0 Å². The second-order valence-electron chi connectivity index (χ2n) is 24.6. The number of carbonyl (C=O) groups is 2. The number of rotatable bonds is 67. The maximum absolute atomic E-state index is 12.5. The molecule has 6 nitrogen and oxygen atoms in total. The second kappa shape index (κ2) is 68.6. The normalized spacial score (nSPS) is 12.7. The minimum atomic E-state index is -0.667. The summed E-state index contributed by atoms with van der Waals surface area (Å²) in [6.07, 6.45) is 87.6. The Morgan fingerprint density at radius 2 is 0.633 bits per heavy atom. The van der Waals surface area contributed by atoms with Crippen LogP contribution < -0.4 is 5.32 Å². The minimum absolute atomic E-state index is 0.00140. The fourth-order valence-corrected chi connectivity index (χ4v) is 11.2. The zero-order chi connectivity index (χ0) is 57.1. The number of ether oxygens (including phenoxy) is 1. The van der Waals surface area contributed by atoms with Crippen molar-refractivity contribution in [2.75, 3.05) is 13.2 Å². The van der Waals surface area contributed by atoms with Gasteiger partial charge in [-0.1, -0.05) is 333 Å². The highest BCUT2D eigenvalue weighted by Gasteiger charge is 2.20. The number of aliphatic hydroxyl groups excluding tert-OH is 2. The van der Waals surface area contributed by atoms with Gasteiger partial charge in [0, 0.05) is 12.8 Å². The van der Waals surface area contributed by atoms with Gasteiger partial charge in [0.2, 0.25) is 5.91 Å². The SMILES string of the molecule is CCCCCC/C=C\C/C=C\CCCCCCCC(=O)OCCCCCCCCCCCCCC/C=C\CCCCCCCCCCCCC(=O)NC(CO)C(O)CCCCCCCCCCCCCCCCCCCCCC. The Labute approximate surface area is 494 Å². The van der Waals surface area contributed by atoms with Crippen LogP contribution in [-0.4, -0.2) is 47.4 Å². The van der Waals surface area contributed by atoms with Crippen molar-refractivity contribution >= 4 is 11.9 Å². The van der Waals surface area contributed by atoms with Gasteiger partial charge in [0.15, 0.2) is 0 Å². The molecular formula is C73H139NO5. The van der Waals surface area contributed by atoms with E-state index >= 15 is 0 Å². The van der Waals surface area contributed by atoms with Gasteiger partial charge in [-0.15, -0.1) is 0 Å². The number of amides is 1. The summed E-state index contributed by atoms with van der Waals surface area (Å²) in [6.45, 7) is 4.96. The van der Waals surface area contributed by atoms with Crippen molar-refractivity contribution in [1.29, 1.82) is 0 Å². The molecule has 466 valence electrons. The van der Waals surface area contributed by atoms with E-state index in [9.17, 15) is 19.8 Å². The molecule has 0 aromatic carbocycles. The quantitative estimate of drug-likeness (QED) is 0.0320. The predicted octanol–water partition coefficient (Wildman–Crippen LogP) is 23.1. The molecule has 0 radical (unpaired) electrons. The summed E-state index contributed by atoms with van der Waals surface area (Å²) in [7, 11) is 0. The molecule has 79 heavy (non-hydrogen) atoms. The first-order valence-electron chi connectivity index (χ1n) is 35.7. The Bertz CT molecular complexity index is 1280. The van der Waals surface area contributed by atoms with Gasteiger partial charge < -0.3 is 20.3 Å². The molecule has 0 saturated heterocycles. The number of unbranched alkanes of at least 4 members (excludes halogenated alkanes) is 50. The van der Waals surface area contributed by atoms with Crippen molar-refractivity contribution < 1.29 is 24.5 Å². The molecule has 1 amide bonds. The third-order valence-corrected chi connectivity index (χ3v) is 16.7. The second-order valence-corrected chi connectivity index (χ2v) is 24.6. The van der Waals surface area contributed by atoms with E-state index in [1.165, 1.54) is 308 Å². The van der Waals surface area contributed by atoms with Crippen molar-refractivity contribution in [2.24, 2.45) is 0 Å². The van der Waals surface area contributed by atoms with E-state index < -0.39 is 12.1 Å². The molecule has 0 saturated carbocycles. The van der Waals surface area contributed by atoms with Crippen molar-refractivity contribution in [3.8, 4) is 0 Å². The van der Waals surface area contributed by atoms with E-state index in [2.05, 4.69) is 55.6 Å². The van der Waals surface area contributed by atoms with Gasteiger partial charge in [0.1, 0.15) is 0 Å². The third-order valence-electron chi connectivity index (χ3n) is 16.7. The highest BCUT2D eigenvalue weighted by atomic mass is 16.5. The highest BCUT2D eigenvalue weighted by Crippen LogP contribution is 2.19. The van der Waals surface area contributed by atoms with Gasteiger partial charge in [-0.05, 0) is 83.5 Å². The lowest BCUT2D eigenvalue weighted by Gasteiger charge is -2.22. The van der Waals surface area contributed by atoms with Crippen LogP contribution in [-0.2, 0) is 14.3 Å². The van der Waals surface area contributed by atoms with E-state index in [1.807, 2.05) is 0 Å². The van der Waals surface area contributed by atoms with Crippen LogP contribution in [0.3, 0.4) is 0 Å². The summed E-state index contributed by atoms with van der Waals surface area (Å²) < 4.78 is 5.49. The Morgan fingerprint density at radius 1 is 0.354 bits per heavy atom. The molecule has 0 fully saturated rings. The average molecular weight is 1110 g/mol. The fourth-order valence-electron chi connectivity index (χ4n) is 11.2. The maximum Gasteiger partial charge on any atom is 0.305 e. The molecule has 0 aromatic rings. The molecule has 0 aliphatic heterocycles. The standard InChI is InChI=1S/C73H139NO5/c1-3-5-7-9-11-13-15-17-19-21-22-31-34-37-41-45-49-53-57-61-65-71(76)70(69-75)74-72(77)66-62-58-54-50-46-42-38-35-32-29-27-25-23-24-26-28-30-33-36-40-44-48-52-56-60-64-68-79-73(78)67-63-59-55-51-47-43-39-20-18-16-14-12-10-8-6-4-2/h14,16,20,23,25,39,70-71,75-76H,3-13,15,17-19,21-22,24,26-38,40-69H2,1-2H3,(H,74,77)/b16-14-,25-23-,39-20-. The first-order valence-corrected chi connectivity index (χ1v) is 35.7. The zero-order valence-electron chi connectivity index (χ0n) is 53.4. The number of carbonyl (C=O) groups excluding carboxylic acids is 2. The zero-order valence-corrected chi connectivity index (χ0v) is 53.4. The summed E-state index contributed by atoms with van der Waals surface area (Å²) in [5, 5.41) is 23.4. The number of allylic oxidation sites excluding steroid dienone is 6. The number of aliphatic hydroxyl groups is 2. The Balaban J connectivity index is 3.40. The third kappa shape index (κ3) is 65.1. The smallest absolute Gasteiger partial charge is 0.305 e. The Hall–Kier alpha value is -1.92. The average Bonchev–Trinajstić information content (AvgIpc) is 3.45. The maximum atomic E-state index is 12.5. The molecule has 0 aliphatic rings. The van der Waals surface area contributed by atoms with Gasteiger partial charge in [-0.3, -0.25) is 9.59 Å². The van der Waals surface area contributed by atoms with E-state index in [4.69, 9.17) is 4.74 Å². The summed E-state index contributed by atoms with van der Waals surface area (Å²) in [4.78, 5) is 24.6. The van der Waals surface area contributed by atoms with Crippen LogP contribution in [0.2, 0.25) is 0 Å². The van der Waals surface area contributed by atoms with Crippen molar-refractivity contribution in [2.45, 2.75) is 405 Å². The summed E-state index contributed by atoms with van der Waals surface area (Å²) in [6, 6.07) is -0.544. The summed E-state index contributed by atoms with van der Waals surface area (Å²) in [5.74, 6) is -0.0318. The van der Waals surface area contributed by atoms with Gasteiger partial charge in [-0.25, -0.2) is 0 Å². The van der Waals surface area contributed by atoms with Crippen LogP contribution >= 0.6 is 0 Å². The largest absolute Gasteiger partial charge is 0.466 e. The Kier molecular flexibility index (Phi) is 66.9. The van der Waals surface area contributed by atoms with Crippen molar-refractivity contribution in [3.05, 3.63) is 36.5 Å². The Morgan fingerprint density at radius 3 is 0.987 bits per heavy atom.